The number of aromatic nitrogens is 1. The third-order valence-electron chi connectivity index (χ3n) is 1.91. The van der Waals surface area contributed by atoms with Crippen LogP contribution in [0, 0.1) is 0 Å². The second-order valence-electron chi connectivity index (χ2n) is 2.85. The molecular weight excluding hydrogens is 234 g/mol. The number of hydrogen-bond acceptors (Lipinski definition) is 5. The van der Waals surface area contributed by atoms with Crippen LogP contribution in [0.15, 0.2) is 12.3 Å². The van der Waals surface area contributed by atoms with Crippen molar-refractivity contribution in [2.75, 3.05) is 14.2 Å². The Bertz CT molecular complexity index is 419. The molecule has 1 aromatic rings. The predicted octanol–water partition coefficient (Wildman–Crippen LogP) is 1.39. The third-order valence-corrected chi connectivity index (χ3v) is 2.20. The number of methoxy groups -OCH3 is 2. The molecule has 6 heteroatoms. The Morgan fingerprint density at radius 2 is 1.94 bits per heavy atom. The number of esters is 2. The first-order valence-electron chi connectivity index (χ1n) is 4.35. The number of ether oxygens (including phenoxy) is 2. The van der Waals surface area contributed by atoms with Gasteiger partial charge in [-0.05, 0) is 6.07 Å². The molecule has 1 rings (SSSR count). The van der Waals surface area contributed by atoms with E-state index in [1.165, 1.54) is 26.5 Å². The molecule has 0 amide bonds. The summed E-state index contributed by atoms with van der Waals surface area (Å²) in [5.74, 6) is -1.07. The van der Waals surface area contributed by atoms with Gasteiger partial charge >= 0.3 is 11.9 Å². The van der Waals surface area contributed by atoms with Crippen LogP contribution in [0.1, 0.15) is 26.4 Å². The van der Waals surface area contributed by atoms with E-state index >= 15 is 0 Å². The number of carbonyl (C=O) groups is 2. The third kappa shape index (κ3) is 2.49. The van der Waals surface area contributed by atoms with E-state index < -0.39 is 11.9 Å². The van der Waals surface area contributed by atoms with E-state index in [4.69, 9.17) is 11.6 Å². The van der Waals surface area contributed by atoms with Gasteiger partial charge in [-0.15, -0.1) is 11.6 Å². The van der Waals surface area contributed by atoms with E-state index in [2.05, 4.69) is 14.5 Å². The molecule has 86 valence electrons. The fourth-order valence-electron chi connectivity index (χ4n) is 1.12. The Labute approximate surface area is 97.3 Å². The fraction of sp³-hybridized carbons (Fsp3) is 0.300. The monoisotopic (exact) mass is 243 g/mol. The highest BCUT2D eigenvalue weighted by Crippen LogP contribution is 2.13. The molecule has 1 aromatic heterocycles. The number of pyridine rings is 1. The first-order valence-corrected chi connectivity index (χ1v) is 4.89. The van der Waals surface area contributed by atoms with Crippen molar-refractivity contribution in [1.82, 2.24) is 4.98 Å². The summed E-state index contributed by atoms with van der Waals surface area (Å²) in [6, 6.07) is 1.46. The maximum Gasteiger partial charge on any atom is 0.356 e. The molecule has 0 saturated heterocycles. The summed E-state index contributed by atoms with van der Waals surface area (Å²) in [6.07, 6.45) is 1.24. The van der Waals surface area contributed by atoms with Gasteiger partial charge in [0.05, 0.1) is 19.8 Å². The molecule has 0 aliphatic rings. The van der Waals surface area contributed by atoms with E-state index in [1.807, 2.05) is 0 Å². The summed E-state index contributed by atoms with van der Waals surface area (Å²) >= 11 is 5.65. The Morgan fingerprint density at radius 1 is 1.31 bits per heavy atom. The fourth-order valence-corrected chi connectivity index (χ4v) is 1.33. The van der Waals surface area contributed by atoms with Crippen LogP contribution in [0.25, 0.3) is 0 Å². The molecule has 0 spiro atoms. The maximum absolute atomic E-state index is 11.3. The summed E-state index contributed by atoms with van der Waals surface area (Å²) in [5.41, 5.74) is 0.771. The van der Waals surface area contributed by atoms with Gasteiger partial charge in [0.25, 0.3) is 0 Å². The van der Waals surface area contributed by atoms with Crippen LogP contribution >= 0.6 is 11.6 Å². The highest BCUT2D eigenvalue weighted by molar-refractivity contribution is 6.17. The first-order chi connectivity index (χ1) is 7.63. The minimum Gasteiger partial charge on any atom is -0.465 e. The van der Waals surface area contributed by atoms with Crippen molar-refractivity contribution >= 4 is 23.5 Å². The van der Waals surface area contributed by atoms with E-state index in [-0.39, 0.29) is 17.1 Å². The second kappa shape index (κ2) is 5.46. The lowest BCUT2D eigenvalue weighted by molar-refractivity contribution is 0.0580. The average Bonchev–Trinajstić information content (AvgIpc) is 2.35. The molecule has 0 aliphatic heterocycles. The molecule has 0 saturated carbocycles. The predicted molar refractivity (Wildman–Crippen MR) is 56.5 cm³/mol. The summed E-state index contributed by atoms with van der Waals surface area (Å²) < 4.78 is 9.05. The zero-order valence-corrected chi connectivity index (χ0v) is 9.58. The SMILES string of the molecule is COC(=O)c1cnc(C(=O)OC)c(CCl)c1. The first kappa shape index (κ1) is 12.4. The highest BCUT2D eigenvalue weighted by atomic mass is 35.5. The highest BCUT2D eigenvalue weighted by Gasteiger charge is 2.16. The number of rotatable bonds is 3. The molecule has 0 unspecified atom stereocenters. The van der Waals surface area contributed by atoms with E-state index in [0.717, 1.165) is 0 Å². The summed E-state index contributed by atoms with van der Waals surface area (Å²) in [4.78, 5) is 26.3. The van der Waals surface area contributed by atoms with Crippen LogP contribution in [0.2, 0.25) is 0 Å². The molecule has 0 bridgehead atoms. The van der Waals surface area contributed by atoms with E-state index in [1.54, 1.807) is 0 Å². The number of nitrogens with zero attached hydrogens (tertiary/aromatic N) is 1. The Kier molecular flexibility index (Phi) is 4.25. The largest absolute Gasteiger partial charge is 0.465 e. The molecule has 0 atom stereocenters. The molecule has 16 heavy (non-hydrogen) atoms. The summed E-state index contributed by atoms with van der Waals surface area (Å²) in [7, 11) is 2.51. The maximum atomic E-state index is 11.3. The zero-order valence-electron chi connectivity index (χ0n) is 8.82. The average molecular weight is 244 g/mol. The number of carbonyl (C=O) groups excluding carboxylic acids is 2. The van der Waals surface area contributed by atoms with Crippen LogP contribution in [0.3, 0.4) is 0 Å². The molecule has 0 aromatic carbocycles. The van der Waals surface area contributed by atoms with Crippen molar-refractivity contribution in [2.24, 2.45) is 0 Å². The van der Waals surface area contributed by atoms with Crippen molar-refractivity contribution in [3.05, 3.63) is 29.1 Å². The van der Waals surface area contributed by atoms with Crippen LogP contribution in [0.4, 0.5) is 0 Å². The van der Waals surface area contributed by atoms with E-state index in [0.29, 0.717) is 5.56 Å². The normalized spacial score (nSPS) is 9.69. The van der Waals surface area contributed by atoms with Crippen molar-refractivity contribution < 1.29 is 19.1 Å². The minimum absolute atomic E-state index is 0.0578. The number of alkyl halides is 1. The summed E-state index contributed by atoms with van der Waals surface area (Å²) in [5, 5.41) is 0. The van der Waals surface area contributed by atoms with Crippen LogP contribution in [-0.4, -0.2) is 31.1 Å². The van der Waals surface area contributed by atoms with E-state index in [9.17, 15) is 9.59 Å². The van der Waals surface area contributed by atoms with Crippen LogP contribution < -0.4 is 0 Å². The molecular formula is C10H10ClNO4. The molecule has 0 radical (unpaired) electrons. The molecule has 1 heterocycles. The van der Waals surface area contributed by atoms with Crippen molar-refractivity contribution in [3.8, 4) is 0 Å². The molecule has 0 fully saturated rings. The van der Waals surface area contributed by atoms with Gasteiger partial charge in [-0.3, -0.25) is 0 Å². The minimum atomic E-state index is -0.591. The van der Waals surface area contributed by atoms with Gasteiger partial charge in [0.2, 0.25) is 0 Å². The molecule has 5 nitrogen and oxygen atoms in total. The second-order valence-corrected chi connectivity index (χ2v) is 3.12. The zero-order chi connectivity index (χ0) is 12.1. The topological polar surface area (TPSA) is 65.5 Å². The molecule has 0 N–H and O–H groups in total. The van der Waals surface area contributed by atoms with Gasteiger partial charge in [0.1, 0.15) is 0 Å². The van der Waals surface area contributed by atoms with Crippen molar-refractivity contribution in [1.29, 1.82) is 0 Å². The van der Waals surface area contributed by atoms with Gasteiger partial charge in [-0.2, -0.15) is 0 Å². The van der Waals surface area contributed by atoms with Gasteiger partial charge < -0.3 is 9.47 Å². The number of hydrogen-bond donors (Lipinski definition) is 0. The van der Waals surface area contributed by atoms with Gasteiger partial charge in [0, 0.05) is 17.6 Å². The summed E-state index contributed by atoms with van der Waals surface area (Å²) in [6.45, 7) is 0. The lowest BCUT2D eigenvalue weighted by Crippen LogP contribution is -2.11. The van der Waals surface area contributed by atoms with Gasteiger partial charge in [-0.1, -0.05) is 0 Å². The Morgan fingerprint density at radius 3 is 2.44 bits per heavy atom. The van der Waals surface area contributed by atoms with Crippen molar-refractivity contribution in [2.45, 2.75) is 5.88 Å². The van der Waals surface area contributed by atoms with Gasteiger partial charge in [0.15, 0.2) is 5.69 Å². The van der Waals surface area contributed by atoms with Crippen LogP contribution in [0.5, 0.6) is 0 Å². The Balaban J connectivity index is 3.16. The molecule has 0 aliphatic carbocycles. The smallest absolute Gasteiger partial charge is 0.356 e. The number of halogens is 1. The lowest BCUT2D eigenvalue weighted by atomic mass is 10.1. The Hall–Kier alpha value is -1.62. The van der Waals surface area contributed by atoms with Gasteiger partial charge in [-0.25, -0.2) is 14.6 Å². The van der Waals surface area contributed by atoms with Crippen molar-refractivity contribution in [3.63, 3.8) is 0 Å². The van der Waals surface area contributed by atoms with Crippen LogP contribution in [-0.2, 0) is 15.4 Å². The lowest BCUT2D eigenvalue weighted by Gasteiger charge is -2.05. The standard InChI is InChI=1S/C10H10ClNO4/c1-15-9(13)7-3-6(4-11)8(12-5-7)10(14)16-2/h3,5H,4H2,1-2H3. The quantitative estimate of drug-likeness (QED) is 0.593.